The van der Waals surface area contributed by atoms with Gasteiger partial charge >= 0.3 is 0 Å². The van der Waals surface area contributed by atoms with Gasteiger partial charge < -0.3 is 4.74 Å². The molecule has 0 N–H and O–H groups in total. The first kappa shape index (κ1) is 11.1. The molecule has 14 heavy (non-hydrogen) atoms. The summed E-state index contributed by atoms with van der Waals surface area (Å²) >= 11 is 0. The van der Waals surface area contributed by atoms with Crippen molar-refractivity contribution in [2.45, 2.75) is 40.0 Å². The van der Waals surface area contributed by atoms with Crippen LogP contribution in [0.3, 0.4) is 0 Å². The van der Waals surface area contributed by atoms with Gasteiger partial charge in [-0.3, -0.25) is 0 Å². The van der Waals surface area contributed by atoms with Crippen LogP contribution < -0.4 is 4.74 Å². The van der Waals surface area contributed by atoms with E-state index in [0.717, 1.165) is 18.8 Å². The second-order valence-electron chi connectivity index (χ2n) is 3.71. The first-order valence-corrected chi connectivity index (χ1v) is 5.50. The zero-order chi connectivity index (χ0) is 10.4. The Morgan fingerprint density at radius 2 is 1.93 bits per heavy atom. The Hall–Kier alpha value is -0.980. The van der Waals surface area contributed by atoms with Crippen molar-refractivity contribution in [3.8, 4) is 5.75 Å². The molecule has 0 radical (unpaired) electrons. The molecule has 0 saturated carbocycles. The zero-order valence-corrected chi connectivity index (χ0v) is 9.47. The van der Waals surface area contributed by atoms with E-state index in [1.54, 1.807) is 0 Å². The van der Waals surface area contributed by atoms with Crippen molar-refractivity contribution in [3.63, 3.8) is 0 Å². The summed E-state index contributed by atoms with van der Waals surface area (Å²) in [6, 6.07) is 6.34. The van der Waals surface area contributed by atoms with Crippen LogP contribution >= 0.6 is 0 Å². The first-order chi connectivity index (χ1) is 6.77. The molecule has 1 nitrogen and oxygen atoms in total. The van der Waals surface area contributed by atoms with E-state index in [-0.39, 0.29) is 0 Å². The number of hydrogen-bond acceptors (Lipinski definition) is 1. The topological polar surface area (TPSA) is 9.23 Å². The van der Waals surface area contributed by atoms with Crippen molar-refractivity contribution in [3.05, 3.63) is 29.3 Å². The van der Waals surface area contributed by atoms with Crippen LogP contribution in [0.5, 0.6) is 5.75 Å². The number of ether oxygens (including phenoxy) is 1. The van der Waals surface area contributed by atoms with Gasteiger partial charge in [-0.05, 0) is 18.6 Å². The van der Waals surface area contributed by atoms with Crippen molar-refractivity contribution in [2.24, 2.45) is 0 Å². The average Bonchev–Trinajstić information content (AvgIpc) is 2.65. The lowest BCUT2D eigenvalue weighted by Gasteiger charge is -1.97. The smallest absolute Gasteiger partial charge is 0.122 e. The van der Waals surface area contributed by atoms with Gasteiger partial charge in [0.15, 0.2) is 0 Å². The highest BCUT2D eigenvalue weighted by molar-refractivity contribution is 5.39. The van der Waals surface area contributed by atoms with Gasteiger partial charge in [0, 0.05) is 6.42 Å². The third-order valence-corrected chi connectivity index (χ3v) is 2.34. The highest BCUT2D eigenvalue weighted by Gasteiger charge is 2.09. The molecule has 0 aromatic heterocycles. The Morgan fingerprint density at radius 3 is 2.57 bits per heavy atom. The number of rotatable bonds is 1. The molecule has 1 aromatic carbocycles. The van der Waals surface area contributed by atoms with Crippen LogP contribution in [-0.2, 0) is 6.42 Å². The van der Waals surface area contributed by atoms with Gasteiger partial charge in [-0.25, -0.2) is 0 Å². The van der Waals surface area contributed by atoms with E-state index in [2.05, 4.69) is 39.0 Å². The summed E-state index contributed by atoms with van der Waals surface area (Å²) in [6.45, 7) is 7.33. The van der Waals surface area contributed by atoms with Gasteiger partial charge in [-0.1, -0.05) is 44.4 Å². The van der Waals surface area contributed by atoms with Crippen LogP contribution in [0.15, 0.2) is 18.2 Å². The summed E-state index contributed by atoms with van der Waals surface area (Å²) in [7, 11) is 0. The molecule has 1 heteroatoms. The van der Waals surface area contributed by atoms with E-state index in [0.29, 0.717) is 0 Å². The second kappa shape index (κ2) is 5.69. The Bertz CT molecular complexity index is 277. The molecule has 0 bridgehead atoms. The molecule has 0 saturated heterocycles. The molecule has 0 unspecified atom stereocenters. The second-order valence-corrected chi connectivity index (χ2v) is 3.71. The number of hydrogen-bond donors (Lipinski definition) is 0. The first-order valence-electron chi connectivity index (χ1n) is 5.50. The fourth-order valence-electron chi connectivity index (χ4n) is 1.32. The van der Waals surface area contributed by atoms with Gasteiger partial charge in [0.1, 0.15) is 5.75 Å². The fourth-order valence-corrected chi connectivity index (χ4v) is 1.32. The van der Waals surface area contributed by atoms with Gasteiger partial charge in [0.2, 0.25) is 0 Å². The van der Waals surface area contributed by atoms with Crippen molar-refractivity contribution in [1.82, 2.24) is 0 Å². The summed E-state index contributed by atoms with van der Waals surface area (Å²) in [5.41, 5.74) is 2.68. The van der Waals surface area contributed by atoms with Crippen LogP contribution in [0.25, 0.3) is 0 Å². The molecule has 0 fully saturated rings. The summed E-state index contributed by atoms with van der Waals surface area (Å²) in [4.78, 5) is 0. The van der Waals surface area contributed by atoms with Crippen molar-refractivity contribution in [1.29, 1.82) is 0 Å². The van der Waals surface area contributed by atoms with Crippen LogP contribution in [-0.4, -0.2) is 6.61 Å². The molecular weight excluding hydrogens is 172 g/mol. The van der Waals surface area contributed by atoms with E-state index in [1.807, 2.05) is 0 Å². The van der Waals surface area contributed by atoms with Crippen LogP contribution in [0.1, 0.15) is 37.8 Å². The maximum Gasteiger partial charge on any atom is 0.122 e. The number of fused-ring (bicyclic) bond motifs is 1. The monoisotopic (exact) mass is 192 g/mol. The van der Waals surface area contributed by atoms with E-state index >= 15 is 0 Å². The van der Waals surface area contributed by atoms with E-state index < -0.39 is 0 Å². The van der Waals surface area contributed by atoms with Crippen molar-refractivity contribution in [2.75, 3.05) is 6.61 Å². The number of aryl methyl sites for hydroxylation is 1. The fraction of sp³-hybridized carbons (Fsp3) is 0.538. The molecule has 0 spiro atoms. The molecule has 2 rings (SSSR count). The van der Waals surface area contributed by atoms with E-state index in [1.165, 1.54) is 24.0 Å². The Balaban J connectivity index is 0.000000213. The SMILES string of the molecule is CCCC.Cc1ccc2c(c1)CCO2. The molecule has 0 atom stereocenters. The Morgan fingerprint density at radius 1 is 1.21 bits per heavy atom. The zero-order valence-electron chi connectivity index (χ0n) is 9.47. The third kappa shape index (κ3) is 3.06. The van der Waals surface area contributed by atoms with Crippen LogP contribution in [0, 0.1) is 6.92 Å². The molecule has 1 heterocycles. The normalized spacial score (nSPS) is 12.5. The van der Waals surface area contributed by atoms with Crippen LogP contribution in [0.2, 0.25) is 0 Å². The summed E-state index contributed by atoms with van der Waals surface area (Å²) in [5.74, 6) is 1.07. The molecule has 1 aliphatic rings. The summed E-state index contributed by atoms with van der Waals surface area (Å²) < 4.78 is 5.35. The van der Waals surface area contributed by atoms with E-state index in [4.69, 9.17) is 4.74 Å². The molecule has 1 aromatic rings. The number of unbranched alkanes of at least 4 members (excludes halogenated alkanes) is 1. The van der Waals surface area contributed by atoms with Crippen LogP contribution in [0.4, 0.5) is 0 Å². The molecule has 0 aliphatic carbocycles. The molecule has 78 valence electrons. The summed E-state index contributed by atoms with van der Waals surface area (Å²) in [5, 5.41) is 0. The standard InChI is InChI=1S/C9H10O.C4H10/c1-7-2-3-9-8(6-7)4-5-10-9;1-3-4-2/h2-3,6H,4-5H2,1H3;3-4H2,1-2H3. The largest absolute Gasteiger partial charge is 0.493 e. The Labute approximate surface area is 87.1 Å². The highest BCUT2D eigenvalue weighted by Crippen LogP contribution is 2.25. The predicted octanol–water partition coefficient (Wildman–Crippen LogP) is 3.74. The summed E-state index contributed by atoms with van der Waals surface area (Å²) in [6.07, 6.45) is 3.72. The van der Waals surface area contributed by atoms with Crippen molar-refractivity contribution >= 4 is 0 Å². The lowest BCUT2D eigenvalue weighted by atomic mass is 10.1. The molecular formula is C13H20O. The minimum atomic E-state index is 0.860. The van der Waals surface area contributed by atoms with Crippen molar-refractivity contribution < 1.29 is 4.74 Å². The number of benzene rings is 1. The third-order valence-electron chi connectivity index (χ3n) is 2.34. The maximum atomic E-state index is 5.35. The van der Waals surface area contributed by atoms with Gasteiger partial charge in [0.05, 0.1) is 6.61 Å². The molecule has 0 amide bonds. The van der Waals surface area contributed by atoms with Gasteiger partial charge in [-0.2, -0.15) is 0 Å². The predicted molar refractivity (Wildman–Crippen MR) is 61.0 cm³/mol. The molecule has 1 aliphatic heterocycles. The average molecular weight is 192 g/mol. The quantitative estimate of drug-likeness (QED) is 0.658. The highest BCUT2D eigenvalue weighted by atomic mass is 16.5. The van der Waals surface area contributed by atoms with Gasteiger partial charge in [-0.15, -0.1) is 0 Å². The lowest BCUT2D eigenvalue weighted by molar-refractivity contribution is 0.357. The van der Waals surface area contributed by atoms with Gasteiger partial charge in [0.25, 0.3) is 0 Å². The minimum absolute atomic E-state index is 0.860. The maximum absolute atomic E-state index is 5.35. The van der Waals surface area contributed by atoms with E-state index in [9.17, 15) is 0 Å². The Kier molecular flexibility index (Phi) is 4.51. The minimum Gasteiger partial charge on any atom is -0.493 e. The lowest BCUT2D eigenvalue weighted by Crippen LogP contribution is -1.85.